The Bertz CT molecular complexity index is 1040. The molecule has 0 atom stereocenters. The molecule has 6 heteroatoms. The van der Waals surface area contributed by atoms with E-state index in [1.165, 1.54) is 0 Å². The van der Waals surface area contributed by atoms with Gasteiger partial charge in [-0.15, -0.1) is 0 Å². The number of amides is 1. The van der Waals surface area contributed by atoms with Crippen LogP contribution in [0.15, 0.2) is 66.7 Å². The fourth-order valence-corrected chi connectivity index (χ4v) is 3.85. The maximum absolute atomic E-state index is 12.8. The number of piperazine rings is 1. The second-order valence-corrected chi connectivity index (χ2v) is 7.65. The van der Waals surface area contributed by atoms with E-state index in [0.717, 1.165) is 48.3 Å². The van der Waals surface area contributed by atoms with Gasteiger partial charge in [-0.3, -0.25) is 10.1 Å². The van der Waals surface area contributed by atoms with Gasteiger partial charge in [0, 0.05) is 31.7 Å². The van der Waals surface area contributed by atoms with Crippen LogP contribution in [0.4, 0.5) is 11.4 Å². The maximum Gasteiger partial charge on any atom is 0.258 e. The zero-order valence-electron chi connectivity index (χ0n) is 16.4. The Hall–Kier alpha value is -2.96. The van der Waals surface area contributed by atoms with Crippen LogP contribution in [0, 0.1) is 0 Å². The molecule has 2 N–H and O–H groups in total. The number of para-hydroxylation sites is 2. The van der Waals surface area contributed by atoms with Crippen LogP contribution < -0.4 is 15.5 Å². The van der Waals surface area contributed by atoms with E-state index < -0.39 is 0 Å². The molecule has 3 aromatic rings. The summed E-state index contributed by atoms with van der Waals surface area (Å²) in [6, 6.07) is 21.6. The highest BCUT2D eigenvalue weighted by Crippen LogP contribution is 2.26. The molecule has 0 bridgehead atoms. The van der Waals surface area contributed by atoms with Gasteiger partial charge < -0.3 is 15.1 Å². The van der Waals surface area contributed by atoms with Crippen LogP contribution >= 0.6 is 12.2 Å². The van der Waals surface area contributed by atoms with Gasteiger partial charge in [0.25, 0.3) is 5.91 Å². The first kappa shape index (κ1) is 19.4. The summed E-state index contributed by atoms with van der Waals surface area (Å²) in [6.07, 6.45) is 0. The molecule has 29 heavy (non-hydrogen) atoms. The quantitative estimate of drug-likeness (QED) is 0.652. The number of carbonyl (C=O) groups is 1. The highest BCUT2D eigenvalue weighted by Gasteiger charge is 2.18. The van der Waals surface area contributed by atoms with Crippen LogP contribution in [-0.2, 0) is 0 Å². The van der Waals surface area contributed by atoms with Crippen molar-refractivity contribution in [2.45, 2.75) is 0 Å². The summed E-state index contributed by atoms with van der Waals surface area (Å²) in [4.78, 5) is 17.5. The van der Waals surface area contributed by atoms with Gasteiger partial charge >= 0.3 is 0 Å². The fourth-order valence-electron chi connectivity index (χ4n) is 3.65. The third-order valence-electron chi connectivity index (χ3n) is 5.26. The number of anilines is 2. The normalized spacial score (nSPS) is 14.6. The highest BCUT2D eigenvalue weighted by atomic mass is 32.1. The van der Waals surface area contributed by atoms with Gasteiger partial charge in [0.2, 0.25) is 0 Å². The number of hydrogen-bond acceptors (Lipinski definition) is 4. The van der Waals surface area contributed by atoms with Crippen LogP contribution in [-0.4, -0.2) is 49.1 Å². The number of benzene rings is 3. The molecule has 0 unspecified atom stereocenters. The SMILES string of the molecule is CN1CCN(c2ccccc2NC(=S)NC(=O)c2cccc3ccccc23)CC1. The van der Waals surface area contributed by atoms with Crippen LogP contribution in [0.2, 0.25) is 0 Å². The molecule has 4 rings (SSSR count). The van der Waals surface area contributed by atoms with E-state index in [1.54, 1.807) is 0 Å². The Morgan fingerprint density at radius 1 is 0.897 bits per heavy atom. The molecule has 1 amide bonds. The van der Waals surface area contributed by atoms with Crippen molar-refractivity contribution < 1.29 is 4.79 Å². The maximum atomic E-state index is 12.8. The van der Waals surface area contributed by atoms with Crippen molar-refractivity contribution in [3.05, 3.63) is 72.3 Å². The average molecular weight is 405 g/mol. The van der Waals surface area contributed by atoms with Crippen LogP contribution in [0.5, 0.6) is 0 Å². The third-order valence-corrected chi connectivity index (χ3v) is 5.46. The number of nitrogens with zero attached hydrogens (tertiary/aromatic N) is 2. The summed E-state index contributed by atoms with van der Waals surface area (Å²) in [5.74, 6) is -0.212. The first-order valence-corrected chi connectivity index (χ1v) is 10.2. The Morgan fingerprint density at radius 2 is 1.59 bits per heavy atom. The molecule has 3 aromatic carbocycles. The minimum Gasteiger partial charge on any atom is -0.367 e. The molecule has 1 aliphatic rings. The largest absolute Gasteiger partial charge is 0.367 e. The summed E-state index contributed by atoms with van der Waals surface area (Å²) < 4.78 is 0. The van der Waals surface area contributed by atoms with Crippen LogP contribution in [0.1, 0.15) is 10.4 Å². The predicted octanol–water partition coefficient (Wildman–Crippen LogP) is 3.72. The molecule has 5 nitrogen and oxygen atoms in total. The van der Waals surface area contributed by atoms with Crippen molar-refractivity contribution in [3.63, 3.8) is 0 Å². The molecule has 1 heterocycles. The molecule has 0 aromatic heterocycles. The minimum absolute atomic E-state index is 0.212. The lowest BCUT2D eigenvalue weighted by Crippen LogP contribution is -2.45. The lowest BCUT2D eigenvalue weighted by molar-refractivity contribution is 0.0979. The lowest BCUT2D eigenvalue weighted by atomic mass is 10.0. The topological polar surface area (TPSA) is 47.6 Å². The van der Waals surface area contributed by atoms with E-state index in [4.69, 9.17) is 12.2 Å². The zero-order valence-corrected chi connectivity index (χ0v) is 17.2. The molecule has 0 spiro atoms. The van der Waals surface area contributed by atoms with Gasteiger partial charge in [-0.25, -0.2) is 0 Å². The summed E-state index contributed by atoms with van der Waals surface area (Å²) in [6.45, 7) is 3.97. The molecule has 0 radical (unpaired) electrons. The molecular formula is C23H24N4OS. The Balaban J connectivity index is 1.48. The standard InChI is InChI=1S/C23H24N4OS/c1-26-13-15-27(16-14-26)21-12-5-4-11-20(21)24-23(29)25-22(28)19-10-6-8-17-7-2-3-9-18(17)19/h2-12H,13-16H2,1H3,(H2,24,25,28,29). The first-order chi connectivity index (χ1) is 14.1. The van der Waals surface area contributed by atoms with Gasteiger partial charge in [0.15, 0.2) is 5.11 Å². The average Bonchev–Trinajstić information content (AvgIpc) is 2.74. The van der Waals surface area contributed by atoms with Crippen molar-refractivity contribution in [1.82, 2.24) is 10.2 Å². The number of thiocarbonyl (C=S) groups is 1. The van der Waals surface area contributed by atoms with Gasteiger partial charge in [-0.05, 0) is 48.2 Å². The lowest BCUT2D eigenvalue weighted by Gasteiger charge is -2.35. The fraction of sp³-hybridized carbons (Fsp3) is 0.217. The second-order valence-electron chi connectivity index (χ2n) is 7.24. The molecule has 1 aliphatic heterocycles. The van der Waals surface area contributed by atoms with E-state index in [1.807, 2.05) is 60.7 Å². The van der Waals surface area contributed by atoms with Crippen LogP contribution in [0.25, 0.3) is 10.8 Å². The zero-order chi connectivity index (χ0) is 20.2. The summed E-state index contributed by atoms with van der Waals surface area (Å²) in [5.41, 5.74) is 2.61. The summed E-state index contributed by atoms with van der Waals surface area (Å²) in [7, 11) is 2.14. The molecule has 0 saturated carbocycles. The molecule has 148 valence electrons. The number of carbonyl (C=O) groups excluding carboxylic acids is 1. The number of nitrogens with one attached hydrogen (secondary N) is 2. The van der Waals surface area contributed by atoms with Crippen molar-refractivity contribution in [3.8, 4) is 0 Å². The smallest absolute Gasteiger partial charge is 0.258 e. The predicted molar refractivity (Wildman–Crippen MR) is 124 cm³/mol. The van der Waals surface area contributed by atoms with Gasteiger partial charge in [0.05, 0.1) is 11.4 Å². The second kappa shape index (κ2) is 8.59. The molecular weight excluding hydrogens is 380 g/mol. The van der Waals surface area contributed by atoms with Crippen molar-refractivity contribution in [2.24, 2.45) is 0 Å². The summed E-state index contributed by atoms with van der Waals surface area (Å²) in [5, 5.41) is 8.27. The minimum atomic E-state index is -0.212. The van der Waals surface area contributed by atoms with Crippen molar-refractivity contribution in [2.75, 3.05) is 43.4 Å². The Labute approximate surface area is 176 Å². The number of hydrogen-bond donors (Lipinski definition) is 2. The monoisotopic (exact) mass is 404 g/mol. The Morgan fingerprint density at radius 3 is 2.41 bits per heavy atom. The summed E-state index contributed by atoms with van der Waals surface area (Å²) >= 11 is 5.44. The van der Waals surface area contributed by atoms with Crippen molar-refractivity contribution >= 4 is 45.4 Å². The first-order valence-electron chi connectivity index (χ1n) is 9.74. The molecule has 1 fully saturated rings. The molecule has 1 saturated heterocycles. The molecule has 0 aliphatic carbocycles. The van der Waals surface area contributed by atoms with E-state index in [-0.39, 0.29) is 5.91 Å². The van der Waals surface area contributed by atoms with E-state index >= 15 is 0 Å². The number of rotatable bonds is 3. The van der Waals surface area contributed by atoms with Crippen LogP contribution in [0.3, 0.4) is 0 Å². The van der Waals surface area contributed by atoms with E-state index in [9.17, 15) is 4.79 Å². The van der Waals surface area contributed by atoms with E-state index in [0.29, 0.717) is 10.7 Å². The third kappa shape index (κ3) is 4.39. The van der Waals surface area contributed by atoms with Gasteiger partial charge in [-0.2, -0.15) is 0 Å². The van der Waals surface area contributed by atoms with Gasteiger partial charge in [0.1, 0.15) is 0 Å². The van der Waals surface area contributed by atoms with E-state index in [2.05, 4.69) is 33.5 Å². The number of fused-ring (bicyclic) bond motifs is 1. The van der Waals surface area contributed by atoms with Gasteiger partial charge in [-0.1, -0.05) is 48.5 Å². The Kier molecular flexibility index (Phi) is 5.74. The number of likely N-dealkylation sites (N-methyl/N-ethyl adjacent to an activating group) is 1. The van der Waals surface area contributed by atoms with Crippen molar-refractivity contribution in [1.29, 1.82) is 0 Å². The highest BCUT2D eigenvalue weighted by molar-refractivity contribution is 7.80.